The third kappa shape index (κ3) is 7.95. The van der Waals surface area contributed by atoms with E-state index < -0.39 is 17.3 Å². The van der Waals surface area contributed by atoms with Gasteiger partial charge < -0.3 is 20.3 Å². The quantitative estimate of drug-likeness (QED) is 0.421. The van der Waals surface area contributed by atoms with Gasteiger partial charge in [0.2, 0.25) is 5.91 Å². The van der Waals surface area contributed by atoms with Crippen molar-refractivity contribution in [3.05, 3.63) is 70.3 Å². The van der Waals surface area contributed by atoms with Crippen LogP contribution in [-0.4, -0.2) is 47.8 Å². The van der Waals surface area contributed by atoms with Crippen molar-refractivity contribution in [2.75, 3.05) is 42.3 Å². The molecule has 10 nitrogen and oxygen atoms in total. The molecule has 0 unspecified atom stereocenters. The number of alkyl halides is 3. The number of ether oxygens (including phenoxy) is 1. The molecule has 1 aromatic carbocycles. The summed E-state index contributed by atoms with van der Waals surface area (Å²) in [4.78, 5) is 28.6. The van der Waals surface area contributed by atoms with Crippen molar-refractivity contribution >= 4 is 23.1 Å². The van der Waals surface area contributed by atoms with Crippen LogP contribution in [0.2, 0.25) is 0 Å². The average Bonchev–Trinajstić information content (AvgIpc) is 3.44. The van der Waals surface area contributed by atoms with Crippen molar-refractivity contribution in [2.24, 2.45) is 0 Å². The largest absolute Gasteiger partial charge is 0.497 e. The van der Waals surface area contributed by atoms with Gasteiger partial charge in [-0.1, -0.05) is 6.07 Å². The molecule has 0 bridgehead atoms. The number of methoxy groups -OCH3 is 1. The summed E-state index contributed by atoms with van der Waals surface area (Å²) >= 11 is 0. The first-order valence-corrected chi connectivity index (χ1v) is 11.6. The van der Waals surface area contributed by atoms with E-state index in [2.05, 4.69) is 20.7 Å². The molecule has 1 saturated heterocycles. The number of carbonyl (C=O) groups is 1. The van der Waals surface area contributed by atoms with E-state index in [1.807, 2.05) is 23.3 Å². The van der Waals surface area contributed by atoms with Gasteiger partial charge in [-0.3, -0.25) is 9.59 Å². The van der Waals surface area contributed by atoms with Crippen LogP contribution in [0.4, 0.5) is 30.4 Å². The molecule has 0 radical (unpaired) electrons. The molecule has 1 amide bonds. The highest BCUT2D eigenvalue weighted by atomic mass is 19.4. The van der Waals surface area contributed by atoms with E-state index in [-0.39, 0.29) is 11.6 Å². The van der Waals surface area contributed by atoms with Crippen molar-refractivity contribution in [3.63, 3.8) is 0 Å². The van der Waals surface area contributed by atoms with Gasteiger partial charge in [0, 0.05) is 44.0 Å². The second-order valence-corrected chi connectivity index (χ2v) is 8.15. The molecule has 1 aliphatic heterocycles. The molecule has 1 fully saturated rings. The van der Waals surface area contributed by atoms with Crippen molar-refractivity contribution in [2.45, 2.75) is 25.4 Å². The smallest absolute Gasteiger partial charge is 0.423 e. The van der Waals surface area contributed by atoms with Gasteiger partial charge in [-0.05, 0) is 37.1 Å². The molecule has 0 spiro atoms. The Balaban J connectivity index is 0.000000221. The predicted molar refractivity (Wildman–Crippen MR) is 135 cm³/mol. The first kappa shape index (κ1) is 28.0. The molecule has 13 heteroatoms. The number of aromatic amines is 1. The lowest BCUT2D eigenvalue weighted by Crippen LogP contribution is -2.29. The van der Waals surface area contributed by atoms with Gasteiger partial charge in [0.25, 0.3) is 5.56 Å². The molecule has 38 heavy (non-hydrogen) atoms. The predicted octanol–water partition coefficient (Wildman–Crippen LogP) is 3.79. The van der Waals surface area contributed by atoms with Crippen LogP contribution in [-0.2, 0) is 11.0 Å². The van der Waals surface area contributed by atoms with E-state index >= 15 is 0 Å². The molecule has 3 N–H and O–H groups in total. The summed E-state index contributed by atoms with van der Waals surface area (Å²) in [7, 11) is 1.58. The molecule has 0 saturated carbocycles. The lowest BCUT2D eigenvalue weighted by atomic mass is 10.2. The maximum Gasteiger partial charge on any atom is 0.423 e. The van der Waals surface area contributed by atoms with Crippen LogP contribution in [0, 0.1) is 11.3 Å². The second-order valence-electron chi connectivity index (χ2n) is 8.15. The molecule has 3 aromatic rings. The van der Waals surface area contributed by atoms with E-state index in [1.54, 1.807) is 36.3 Å². The summed E-state index contributed by atoms with van der Waals surface area (Å²) < 4.78 is 43.2. The summed E-state index contributed by atoms with van der Waals surface area (Å²) in [5.41, 5.74) is -1.25. The molecule has 3 heterocycles. The van der Waals surface area contributed by atoms with Crippen LogP contribution in [0.25, 0.3) is 0 Å². The topological polar surface area (TPSA) is 136 Å². The van der Waals surface area contributed by atoms with Gasteiger partial charge in [-0.2, -0.15) is 23.5 Å². The minimum atomic E-state index is -4.64. The minimum absolute atomic E-state index is 0.102. The lowest BCUT2D eigenvalue weighted by molar-refractivity contribution is -0.138. The number of amides is 1. The molecular weight excluding hydrogens is 503 g/mol. The Morgan fingerprint density at radius 3 is 2.61 bits per heavy atom. The Morgan fingerprint density at radius 1 is 1.21 bits per heavy atom. The lowest BCUT2D eigenvalue weighted by Gasteiger charge is -2.20. The van der Waals surface area contributed by atoms with Crippen molar-refractivity contribution in [1.29, 1.82) is 5.26 Å². The number of aromatic nitrogens is 3. The standard InChI is InChI=1S/C16H16N4O2.C9H10F3N3O/c1-22-14-4-2-3-13(9-14)20-16(21)7-8-18-15-6-5-12(10-17)11-19-15;10-9(11,12)7-6(5-13-14-8(7)16)15-3-1-2-4-15/h2-6,9,11H,7-8H2,1H3,(H,18,19)(H,20,21);5H,1-4H2,(H,14,16). The van der Waals surface area contributed by atoms with E-state index in [9.17, 15) is 22.8 Å². The number of rotatable bonds is 7. The van der Waals surface area contributed by atoms with E-state index in [0.29, 0.717) is 48.9 Å². The van der Waals surface area contributed by atoms with Crippen LogP contribution in [0.1, 0.15) is 30.4 Å². The fourth-order valence-electron chi connectivity index (χ4n) is 3.65. The Bertz CT molecular complexity index is 1320. The fraction of sp³-hybridized carbons (Fsp3) is 0.320. The maximum atomic E-state index is 12.7. The van der Waals surface area contributed by atoms with Gasteiger partial charge >= 0.3 is 6.18 Å². The number of anilines is 3. The number of nitriles is 1. The number of nitrogens with zero attached hydrogens (tertiary/aromatic N) is 4. The monoisotopic (exact) mass is 529 g/mol. The van der Waals surface area contributed by atoms with Crippen LogP contribution >= 0.6 is 0 Å². The van der Waals surface area contributed by atoms with Gasteiger partial charge in [0.1, 0.15) is 23.2 Å². The number of benzene rings is 1. The molecule has 1 aliphatic rings. The zero-order chi connectivity index (χ0) is 27.5. The van der Waals surface area contributed by atoms with Crippen molar-refractivity contribution < 1.29 is 22.7 Å². The number of H-pyrrole nitrogens is 1. The zero-order valence-electron chi connectivity index (χ0n) is 20.5. The fourth-order valence-corrected chi connectivity index (χ4v) is 3.65. The molecule has 0 aliphatic carbocycles. The number of hydrogen-bond donors (Lipinski definition) is 3. The van der Waals surface area contributed by atoms with E-state index in [0.717, 1.165) is 19.0 Å². The summed E-state index contributed by atoms with van der Waals surface area (Å²) in [5.74, 6) is 1.22. The first-order valence-electron chi connectivity index (χ1n) is 11.6. The highest BCUT2D eigenvalue weighted by molar-refractivity contribution is 5.91. The van der Waals surface area contributed by atoms with E-state index in [4.69, 9.17) is 10.00 Å². The normalized spacial score (nSPS) is 12.7. The molecule has 200 valence electrons. The summed E-state index contributed by atoms with van der Waals surface area (Å²) in [6.45, 7) is 1.52. The molecular formula is C25H26F3N7O3. The molecule has 2 aromatic heterocycles. The van der Waals surface area contributed by atoms with Crippen molar-refractivity contribution in [3.8, 4) is 11.8 Å². The highest BCUT2D eigenvalue weighted by Crippen LogP contribution is 2.34. The SMILES string of the molecule is COc1cccc(NC(=O)CCNc2ccc(C#N)cn2)c1.O=c1[nH]ncc(N2CCCC2)c1C(F)(F)F. The van der Waals surface area contributed by atoms with Crippen LogP contribution in [0.3, 0.4) is 0 Å². The van der Waals surface area contributed by atoms with Gasteiger partial charge in [0.05, 0.1) is 24.6 Å². The maximum absolute atomic E-state index is 12.7. The number of nitrogens with one attached hydrogen (secondary N) is 3. The number of hydrogen-bond acceptors (Lipinski definition) is 8. The average molecular weight is 530 g/mol. The number of carbonyl (C=O) groups excluding carboxylic acids is 1. The molecule has 4 rings (SSSR count). The summed E-state index contributed by atoms with van der Waals surface area (Å²) in [6, 6.07) is 12.6. The second kappa shape index (κ2) is 13.1. The third-order valence-electron chi connectivity index (χ3n) is 5.47. The van der Waals surface area contributed by atoms with Crippen LogP contribution < -0.4 is 25.8 Å². The Labute approximate surface area is 216 Å². The zero-order valence-corrected chi connectivity index (χ0v) is 20.5. The van der Waals surface area contributed by atoms with E-state index in [1.165, 1.54) is 6.20 Å². The number of pyridine rings is 1. The van der Waals surface area contributed by atoms with Crippen LogP contribution in [0.5, 0.6) is 5.75 Å². The Hall–Kier alpha value is -4.60. The summed E-state index contributed by atoms with van der Waals surface area (Å²) in [6.07, 6.45) is -0.115. The Morgan fingerprint density at radius 2 is 1.97 bits per heavy atom. The summed E-state index contributed by atoms with van der Waals surface area (Å²) in [5, 5.41) is 19.8. The van der Waals surface area contributed by atoms with Crippen molar-refractivity contribution in [1.82, 2.24) is 15.2 Å². The van der Waals surface area contributed by atoms with Crippen LogP contribution in [0.15, 0.2) is 53.6 Å². The van der Waals surface area contributed by atoms with Gasteiger partial charge in [-0.15, -0.1) is 0 Å². The highest BCUT2D eigenvalue weighted by Gasteiger charge is 2.39. The minimum Gasteiger partial charge on any atom is -0.497 e. The first-order chi connectivity index (χ1) is 18.2. The number of halogens is 3. The molecule has 0 atom stereocenters. The Kier molecular flexibility index (Phi) is 9.64. The van der Waals surface area contributed by atoms with Gasteiger partial charge in [0.15, 0.2) is 0 Å². The third-order valence-corrected chi connectivity index (χ3v) is 5.47. The van der Waals surface area contributed by atoms with Gasteiger partial charge in [-0.25, -0.2) is 10.1 Å².